The number of ether oxygens (including phenoxy) is 2. The number of β-amino-alcohol motifs (C(OH)–C–C–N with tert-alkyl or cyclic N) is 1. The highest BCUT2D eigenvalue weighted by Gasteiger charge is 2.33. The van der Waals surface area contributed by atoms with Crippen molar-refractivity contribution in [2.45, 2.75) is 25.1 Å². The summed E-state index contributed by atoms with van der Waals surface area (Å²) in [7, 11) is 3.17. The maximum atomic E-state index is 13.2. The zero-order valence-corrected chi connectivity index (χ0v) is 13.8. The molecular formula is C18H21FN2O3. The van der Waals surface area contributed by atoms with Crippen LogP contribution in [0.5, 0.6) is 11.5 Å². The zero-order chi connectivity index (χ0) is 17.1. The van der Waals surface area contributed by atoms with Gasteiger partial charge in [-0.3, -0.25) is 9.88 Å². The minimum atomic E-state index is -0.420. The maximum absolute atomic E-state index is 13.2. The van der Waals surface area contributed by atoms with Crippen LogP contribution in [0.25, 0.3) is 0 Å². The van der Waals surface area contributed by atoms with Crippen molar-refractivity contribution < 1.29 is 19.0 Å². The van der Waals surface area contributed by atoms with Crippen molar-refractivity contribution in [1.29, 1.82) is 0 Å². The Labute approximate surface area is 140 Å². The second-order valence-corrected chi connectivity index (χ2v) is 5.88. The first-order valence-corrected chi connectivity index (χ1v) is 7.85. The Hall–Kier alpha value is -2.18. The lowest BCUT2D eigenvalue weighted by molar-refractivity contribution is 0.171. The van der Waals surface area contributed by atoms with Crippen LogP contribution in [0.15, 0.2) is 36.5 Å². The number of halogens is 1. The number of aliphatic hydroxyl groups excluding tert-OH is 1. The van der Waals surface area contributed by atoms with Gasteiger partial charge in [-0.25, -0.2) is 4.39 Å². The van der Waals surface area contributed by atoms with E-state index in [0.717, 1.165) is 11.3 Å². The van der Waals surface area contributed by atoms with Crippen molar-refractivity contribution >= 4 is 0 Å². The molecule has 0 bridgehead atoms. The Kier molecular flexibility index (Phi) is 4.97. The lowest BCUT2D eigenvalue weighted by Gasteiger charge is -2.25. The van der Waals surface area contributed by atoms with Gasteiger partial charge in [0, 0.05) is 31.4 Å². The molecule has 1 aromatic carbocycles. The van der Waals surface area contributed by atoms with E-state index in [4.69, 9.17) is 9.47 Å². The van der Waals surface area contributed by atoms with E-state index >= 15 is 0 Å². The van der Waals surface area contributed by atoms with E-state index in [9.17, 15) is 9.50 Å². The molecule has 24 heavy (non-hydrogen) atoms. The van der Waals surface area contributed by atoms with Crippen molar-refractivity contribution in [3.05, 3.63) is 53.6 Å². The summed E-state index contributed by atoms with van der Waals surface area (Å²) in [6.45, 7) is 1.05. The molecular weight excluding hydrogens is 311 g/mol. The van der Waals surface area contributed by atoms with E-state index < -0.39 is 6.10 Å². The molecule has 2 aromatic rings. The summed E-state index contributed by atoms with van der Waals surface area (Å²) in [5, 5.41) is 10.1. The van der Waals surface area contributed by atoms with Crippen molar-refractivity contribution in [1.82, 2.24) is 9.88 Å². The summed E-state index contributed by atoms with van der Waals surface area (Å²) in [6.07, 6.45) is 1.87. The monoisotopic (exact) mass is 332 g/mol. The van der Waals surface area contributed by atoms with E-state index in [-0.39, 0.29) is 11.9 Å². The average molecular weight is 332 g/mol. The molecule has 1 N–H and O–H groups in total. The van der Waals surface area contributed by atoms with Gasteiger partial charge < -0.3 is 14.6 Å². The first-order chi connectivity index (χ1) is 11.6. The molecule has 2 unspecified atom stereocenters. The summed E-state index contributed by atoms with van der Waals surface area (Å²) < 4.78 is 23.9. The number of hydrogen-bond donors (Lipinski definition) is 1. The van der Waals surface area contributed by atoms with E-state index in [1.807, 2.05) is 0 Å². The van der Waals surface area contributed by atoms with Crippen LogP contribution in [-0.2, 0) is 6.54 Å². The van der Waals surface area contributed by atoms with E-state index in [2.05, 4.69) is 9.88 Å². The van der Waals surface area contributed by atoms with Gasteiger partial charge in [-0.15, -0.1) is 0 Å². The number of pyridine rings is 1. The number of methoxy groups -OCH3 is 2. The first kappa shape index (κ1) is 16.7. The molecule has 3 rings (SSSR count). The number of nitrogens with zero attached hydrogens (tertiary/aromatic N) is 2. The standard InChI is InChI=1S/C18H21FN2O3/c1-23-17-7-8-20-15(18(17)24-2)11-21-10-14(22)9-16(21)12-3-5-13(19)6-4-12/h3-8,14,16,22H,9-11H2,1-2H3. The normalized spacial score (nSPS) is 21.0. The third kappa shape index (κ3) is 3.34. The zero-order valence-electron chi connectivity index (χ0n) is 13.8. The van der Waals surface area contributed by atoms with Crippen LogP contribution in [-0.4, -0.2) is 41.9 Å². The third-order valence-corrected chi connectivity index (χ3v) is 4.36. The molecule has 1 aliphatic heterocycles. The third-order valence-electron chi connectivity index (χ3n) is 4.36. The van der Waals surface area contributed by atoms with Crippen molar-refractivity contribution in [2.75, 3.05) is 20.8 Å². The van der Waals surface area contributed by atoms with Crippen molar-refractivity contribution in [3.63, 3.8) is 0 Å². The van der Waals surface area contributed by atoms with Crippen molar-refractivity contribution in [2.24, 2.45) is 0 Å². The quantitative estimate of drug-likeness (QED) is 0.912. The topological polar surface area (TPSA) is 54.8 Å². The lowest BCUT2D eigenvalue weighted by Crippen LogP contribution is -2.25. The average Bonchev–Trinajstić information content (AvgIpc) is 2.95. The fourth-order valence-corrected chi connectivity index (χ4v) is 3.24. The Morgan fingerprint density at radius 3 is 2.62 bits per heavy atom. The maximum Gasteiger partial charge on any atom is 0.183 e. The van der Waals surface area contributed by atoms with Gasteiger partial charge in [-0.2, -0.15) is 0 Å². The number of rotatable bonds is 5. The number of likely N-dealkylation sites (tertiary alicyclic amines) is 1. The minimum absolute atomic E-state index is 0.0123. The summed E-state index contributed by atoms with van der Waals surface area (Å²) in [5.74, 6) is 0.958. The predicted molar refractivity (Wildman–Crippen MR) is 87.5 cm³/mol. The summed E-state index contributed by atoms with van der Waals surface area (Å²) in [6, 6.07) is 8.19. The largest absolute Gasteiger partial charge is 0.493 e. The van der Waals surface area contributed by atoms with Gasteiger partial charge in [0.1, 0.15) is 11.5 Å². The molecule has 2 heterocycles. The fraction of sp³-hybridized carbons (Fsp3) is 0.389. The van der Waals surface area contributed by atoms with Gasteiger partial charge in [-0.05, 0) is 24.1 Å². The molecule has 0 amide bonds. The molecule has 1 aromatic heterocycles. The molecule has 0 radical (unpaired) electrons. The predicted octanol–water partition coefficient (Wildman–Crippen LogP) is 2.55. The van der Waals surface area contributed by atoms with Crippen LogP contribution in [0.3, 0.4) is 0 Å². The smallest absolute Gasteiger partial charge is 0.183 e. The second-order valence-electron chi connectivity index (χ2n) is 5.88. The summed E-state index contributed by atoms with van der Waals surface area (Å²) in [4.78, 5) is 6.53. The SMILES string of the molecule is COc1ccnc(CN2CC(O)CC2c2ccc(F)cc2)c1OC. The number of hydrogen-bond acceptors (Lipinski definition) is 5. The van der Waals surface area contributed by atoms with Gasteiger partial charge in [0.05, 0.1) is 20.3 Å². The van der Waals surface area contributed by atoms with Gasteiger partial charge in [0.15, 0.2) is 11.5 Å². The number of aromatic nitrogens is 1. The van der Waals surface area contributed by atoms with Gasteiger partial charge >= 0.3 is 0 Å². The van der Waals surface area contributed by atoms with Crippen molar-refractivity contribution in [3.8, 4) is 11.5 Å². The molecule has 0 saturated carbocycles. The van der Waals surface area contributed by atoms with Crippen LogP contribution in [0, 0.1) is 5.82 Å². The first-order valence-electron chi connectivity index (χ1n) is 7.85. The molecule has 2 atom stereocenters. The summed E-state index contributed by atoms with van der Waals surface area (Å²) >= 11 is 0. The van der Waals surface area contributed by atoms with Crippen LogP contribution < -0.4 is 9.47 Å². The lowest BCUT2D eigenvalue weighted by atomic mass is 10.0. The highest BCUT2D eigenvalue weighted by atomic mass is 19.1. The Bertz CT molecular complexity index is 693. The van der Waals surface area contributed by atoms with Crippen LogP contribution >= 0.6 is 0 Å². The second kappa shape index (κ2) is 7.15. The van der Waals surface area contributed by atoms with Crippen LogP contribution in [0.4, 0.5) is 4.39 Å². The molecule has 0 spiro atoms. The number of aliphatic hydroxyl groups is 1. The summed E-state index contributed by atoms with van der Waals surface area (Å²) in [5.41, 5.74) is 1.73. The molecule has 1 aliphatic rings. The number of benzene rings is 1. The highest BCUT2D eigenvalue weighted by molar-refractivity contribution is 5.42. The van der Waals surface area contributed by atoms with Crippen LogP contribution in [0.2, 0.25) is 0 Å². The van der Waals surface area contributed by atoms with E-state index in [1.165, 1.54) is 12.1 Å². The Morgan fingerprint density at radius 2 is 1.96 bits per heavy atom. The van der Waals surface area contributed by atoms with Crippen LogP contribution in [0.1, 0.15) is 23.7 Å². The molecule has 5 nitrogen and oxygen atoms in total. The van der Waals surface area contributed by atoms with E-state index in [1.54, 1.807) is 38.6 Å². The van der Waals surface area contributed by atoms with E-state index in [0.29, 0.717) is 31.0 Å². The molecule has 1 saturated heterocycles. The molecule has 128 valence electrons. The van der Waals surface area contributed by atoms with Gasteiger partial charge in [-0.1, -0.05) is 12.1 Å². The molecule has 1 fully saturated rings. The fourth-order valence-electron chi connectivity index (χ4n) is 3.24. The highest BCUT2D eigenvalue weighted by Crippen LogP contribution is 2.36. The Morgan fingerprint density at radius 1 is 1.21 bits per heavy atom. The minimum Gasteiger partial charge on any atom is -0.493 e. The Balaban J connectivity index is 1.86. The van der Waals surface area contributed by atoms with Gasteiger partial charge in [0.25, 0.3) is 0 Å². The van der Waals surface area contributed by atoms with Gasteiger partial charge in [0.2, 0.25) is 0 Å². The molecule has 0 aliphatic carbocycles. The molecule has 6 heteroatoms.